The molecule has 0 saturated heterocycles. The Balaban J connectivity index is 0. The molecule has 16 heavy (non-hydrogen) atoms. The molecule has 0 bridgehead atoms. The first-order chi connectivity index (χ1) is 7.45. The van der Waals surface area contributed by atoms with Gasteiger partial charge in [0.2, 0.25) is 0 Å². The van der Waals surface area contributed by atoms with E-state index in [0.29, 0.717) is 6.54 Å². The SMILES string of the molecule is C=C/C(=C\C(=C)C)CN(C)CC(=O)O.CC. The van der Waals surface area contributed by atoms with Crippen molar-refractivity contribution in [1.29, 1.82) is 0 Å². The van der Waals surface area contributed by atoms with Crippen LogP contribution in [-0.2, 0) is 4.79 Å². The Bertz CT molecular complexity index is 267. The molecule has 3 heteroatoms. The number of aliphatic carboxylic acids is 1. The fourth-order valence-electron chi connectivity index (χ4n) is 1.08. The second kappa shape index (κ2) is 10.2. The van der Waals surface area contributed by atoms with Crippen LogP contribution in [-0.4, -0.2) is 36.1 Å². The van der Waals surface area contributed by atoms with Crippen LogP contribution in [0.4, 0.5) is 0 Å². The molecule has 0 rings (SSSR count). The van der Waals surface area contributed by atoms with E-state index in [-0.39, 0.29) is 6.54 Å². The molecule has 0 atom stereocenters. The molecule has 0 aliphatic heterocycles. The van der Waals surface area contributed by atoms with Crippen LogP contribution in [0, 0.1) is 0 Å². The summed E-state index contributed by atoms with van der Waals surface area (Å²) < 4.78 is 0. The van der Waals surface area contributed by atoms with Crippen LogP contribution in [0.3, 0.4) is 0 Å². The van der Waals surface area contributed by atoms with E-state index >= 15 is 0 Å². The van der Waals surface area contributed by atoms with E-state index in [1.54, 1.807) is 18.0 Å². The topological polar surface area (TPSA) is 40.5 Å². The number of hydrogen-bond donors (Lipinski definition) is 1. The third-order valence-corrected chi connectivity index (χ3v) is 1.55. The molecule has 0 aliphatic carbocycles. The quantitative estimate of drug-likeness (QED) is 0.707. The predicted molar refractivity (Wildman–Crippen MR) is 69.6 cm³/mol. The van der Waals surface area contributed by atoms with Gasteiger partial charge in [0.15, 0.2) is 0 Å². The van der Waals surface area contributed by atoms with E-state index in [0.717, 1.165) is 11.1 Å². The highest BCUT2D eigenvalue weighted by Crippen LogP contribution is 2.03. The third-order valence-electron chi connectivity index (χ3n) is 1.55. The van der Waals surface area contributed by atoms with E-state index in [1.165, 1.54) is 0 Å². The first kappa shape index (κ1) is 17.1. The Labute approximate surface area is 98.8 Å². The summed E-state index contributed by atoms with van der Waals surface area (Å²) in [5.74, 6) is -0.828. The normalized spacial score (nSPS) is 10.4. The Morgan fingerprint density at radius 2 is 1.88 bits per heavy atom. The zero-order valence-corrected chi connectivity index (χ0v) is 10.8. The summed E-state index contributed by atoms with van der Waals surface area (Å²) in [7, 11) is 1.75. The lowest BCUT2D eigenvalue weighted by molar-refractivity contribution is -0.137. The van der Waals surface area contributed by atoms with Gasteiger partial charge in [-0.3, -0.25) is 9.69 Å². The Hall–Kier alpha value is -1.35. The Morgan fingerprint density at radius 1 is 1.38 bits per heavy atom. The molecule has 0 aromatic rings. The first-order valence-corrected chi connectivity index (χ1v) is 5.34. The first-order valence-electron chi connectivity index (χ1n) is 5.34. The lowest BCUT2D eigenvalue weighted by Crippen LogP contribution is -2.27. The maximum absolute atomic E-state index is 10.4. The summed E-state index contributed by atoms with van der Waals surface area (Å²) in [6, 6.07) is 0. The molecule has 0 aliphatic rings. The van der Waals surface area contributed by atoms with Crippen LogP contribution < -0.4 is 0 Å². The summed E-state index contributed by atoms with van der Waals surface area (Å²) in [6.07, 6.45) is 3.61. The van der Waals surface area contributed by atoms with Crippen molar-refractivity contribution in [2.24, 2.45) is 0 Å². The van der Waals surface area contributed by atoms with Crippen molar-refractivity contribution >= 4 is 5.97 Å². The molecule has 0 heterocycles. The fourth-order valence-corrected chi connectivity index (χ4v) is 1.08. The van der Waals surface area contributed by atoms with Gasteiger partial charge in [0, 0.05) is 6.54 Å². The smallest absolute Gasteiger partial charge is 0.317 e. The standard InChI is InChI=1S/C11H17NO2.C2H6/c1-5-10(6-9(2)3)7-12(4)8-11(13)14;1-2/h5-6H,1-2,7-8H2,3-4H3,(H,13,14);1-2H3/b10-6+;. The van der Waals surface area contributed by atoms with Gasteiger partial charge in [0.1, 0.15) is 0 Å². The molecule has 0 radical (unpaired) electrons. The number of carboxylic acids is 1. The number of carboxylic acid groups (broad SMARTS) is 1. The number of hydrogen-bond acceptors (Lipinski definition) is 2. The highest BCUT2D eigenvalue weighted by molar-refractivity contribution is 5.69. The molecular formula is C13H23NO2. The number of allylic oxidation sites excluding steroid dienone is 2. The molecule has 1 N–H and O–H groups in total. The zero-order chi connectivity index (χ0) is 13.1. The highest BCUT2D eigenvalue weighted by atomic mass is 16.4. The van der Waals surface area contributed by atoms with Crippen molar-refractivity contribution in [3.05, 3.63) is 36.5 Å². The highest BCUT2D eigenvalue weighted by Gasteiger charge is 2.04. The fraction of sp³-hybridized carbons (Fsp3) is 0.462. The maximum Gasteiger partial charge on any atom is 0.317 e. The molecule has 0 unspecified atom stereocenters. The lowest BCUT2D eigenvalue weighted by atomic mass is 10.2. The molecule has 0 aromatic carbocycles. The van der Waals surface area contributed by atoms with Gasteiger partial charge in [0.05, 0.1) is 6.54 Å². The van der Waals surface area contributed by atoms with Gasteiger partial charge in [0.25, 0.3) is 0 Å². The maximum atomic E-state index is 10.4. The summed E-state index contributed by atoms with van der Waals surface area (Å²) in [5, 5.41) is 8.55. The van der Waals surface area contributed by atoms with Gasteiger partial charge in [-0.15, -0.1) is 0 Å². The summed E-state index contributed by atoms with van der Waals surface area (Å²) in [4.78, 5) is 12.1. The average molecular weight is 225 g/mol. The average Bonchev–Trinajstić information content (AvgIpc) is 2.17. The van der Waals surface area contributed by atoms with Crippen LogP contribution in [0.15, 0.2) is 36.5 Å². The van der Waals surface area contributed by atoms with Crippen molar-refractivity contribution in [2.45, 2.75) is 20.8 Å². The minimum atomic E-state index is -0.828. The van der Waals surface area contributed by atoms with Crippen LogP contribution in [0.5, 0.6) is 0 Å². The summed E-state index contributed by atoms with van der Waals surface area (Å²) >= 11 is 0. The van der Waals surface area contributed by atoms with Crippen molar-refractivity contribution in [1.82, 2.24) is 4.90 Å². The van der Waals surface area contributed by atoms with E-state index in [4.69, 9.17) is 5.11 Å². The van der Waals surface area contributed by atoms with Gasteiger partial charge in [-0.2, -0.15) is 0 Å². The van der Waals surface area contributed by atoms with Crippen LogP contribution in [0.2, 0.25) is 0 Å². The van der Waals surface area contributed by atoms with Crippen molar-refractivity contribution < 1.29 is 9.90 Å². The van der Waals surface area contributed by atoms with E-state index in [9.17, 15) is 4.79 Å². The number of likely N-dealkylation sites (N-methyl/N-ethyl adjacent to an activating group) is 1. The molecule has 3 nitrogen and oxygen atoms in total. The van der Waals surface area contributed by atoms with E-state index in [2.05, 4.69) is 13.2 Å². The van der Waals surface area contributed by atoms with Crippen LogP contribution in [0.1, 0.15) is 20.8 Å². The minimum absolute atomic E-state index is 0.0291. The van der Waals surface area contributed by atoms with Crippen LogP contribution >= 0.6 is 0 Å². The summed E-state index contributed by atoms with van der Waals surface area (Å²) in [6.45, 7) is 13.9. The van der Waals surface area contributed by atoms with Gasteiger partial charge in [-0.1, -0.05) is 44.7 Å². The molecule has 0 spiro atoms. The zero-order valence-electron chi connectivity index (χ0n) is 10.8. The van der Waals surface area contributed by atoms with E-state index in [1.807, 2.05) is 26.8 Å². The molecule has 0 amide bonds. The lowest BCUT2D eigenvalue weighted by Gasteiger charge is -2.14. The van der Waals surface area contributed by atoms with Crippen molar-refractivity contribution in [2.75, 3.05) is 20.1 Å². The second-order valence-electron chi connectivity index (χ2n) is 3.34. The largest absolute Gasteiger partial charge is 0.480 e. The number of rotatable bonds is 6. The second-order valence-corrected chi connectivity index (χ2v) is 3.34. The van der Waals surface area contributed by atoms with Crippen molar-refractivity contribution in [3.63, 3.8) is 0 Å². The Morgan fingerprint density at radius 3 is 2.19 bits per heavy atom. The van der Waals surface area contributed by atoms with Crippen LogP contribution in [0.25, 0.3) is 0 Å². The monoisotopic (exact) mass is 225 g/mol. The molecule has 0 fully saturated rings. The Kier molecular flexibility index (Phi) is 10.9. The van der Waals surface area contributed by atoms with E-state index < -0.39 is 5.97 Å². The number of nitrogens with zero attached hydrogens (tertiary/aromatic N) is 1. The van der Waals surface area contributed by atoms with Gasteiger partial charge in [-0.05, 0) is 19.5 Å². The molecule has 0 saturated carbocycles. The van der Waals surface area contributed by atoms with Crippen molar-refractivity contribution in [3.8, 4) is 0 Å². The molecule has 0 aromatic heterocycles. The van der Waals surface area contributed by atoms with Gasteiger partial charge >= 0.3 is 5.97 Å². The molecule has 92 valence electrons. The number of carbonyl (C=O) groups is 1. The molecular weight excluding hydrogens is 202 g/mol. The van der Waals surface area contributed by atoms with Gasteiger partial charge in [-0.25, -0.2) is 0 Å². The minimum Gasteiger partial charge on any atom is -0.480 e. The van der Waals surface area contributed by atoms with Gasteiger partial charge < -0.3 is 5.11 Å². The predicted octanol–water partition coefficient (Wildman–Crippen LogP) is 2.72. The summed E-state index contributed by atoms with van der Waals surface area (Å²) in [5.41, 5.74) is 1.91. The third kappa shape index (κ3) is 10.7.